The Kier molecular flexibility index (Phi) is 9.47. The molecule has 0 saturated heterocycles. The Hall–Kier alpha value is -9.96. The fourth-order valence-electron chi connectivity index (χ4n) is 13.7. The number of rotatable bonds is 6. The molecule has 0 saturated carbocycles. The number of ether oxygens (including phenoxy) is 2. The first-order chi connectivity index (χ1) is 38.2. The monoisotopic (exact) mass is 981 g/mol. The lowest BCUT2D eigenvalue weighted by Crippen LogP contribution is -2.32. The zero-order valence-electron chi connectivity index (χ0n) is 41.9. The lowest BCUT2D eigenvalue weighted by molar-refractivity contribution is 0.436. The molecule has 0 bridgehead atoms. The summed E-state index contributed by atoms with van der Waals surface area (Å²) in [7, 11) is 0. The maximum atomic E-state index is 6.64. The molecule has 3 heteroatoms. The van der Waals surface area contributed by atoms with Gasteiger partial charge in [-0.2, -0.15) is 0 Å². The molecular weight excluding hydrogens is 935 g/mol. The third kappa shape index (κ3) is 6.20. The van der Waals surface area contributed by atoms with Gasteiger partial charge in [-0.05, 0) is 145 Å². The Bertz CT molecular complexity index is 4250. The van der Waals surface area contributed by atoms with Gasteiger partial charge in [0.25, 0.3) is 0 Å². The SMILES string of the molecule is c1ccc(-c2cccc(N(c3ccc(-c4ccc5c(c4)C4(c6ccccc6Oc6ccccc64)c4ccccc4-5)cc3)c3ccc(-c4cccc5c4-c4ccccc4C54c5ccccc5Oc5ccccc54)cc3)c2)cc1. The van der Waals surface area contributed by atoms with Crippen molar-refractivity contribution in [2.45, 2.75) is 10.8 Å². The van der Waals surface area contributed by atoms with Crippen molar-refractivity contribution in [3.8, 4) is 78.6 Å². The van der Waals surface area contributed by atoms with Gasteiger partial charge in [-0.15, -0.1) is 0 Å². The number of benzene rings is 12. The fourth-order valence-corrected chi connectivity index (χ4v) is 13.7. The second-order valence-corrected chi connectivity index (χ2v) is 20.6. The van der Waals surface area contributed by atoms with E-state index in [1.54, 1.807) is 0 Å². The average molecular weight is 982 g/mol. The highest BCUT2D eigenvalue weighted by Gasteiger charge is 2.53. The van der Waals surface area contributed by atoms with Gasteiger partial charge in [0, 0.05) is 39.3 Å². The number of fused-ring (bicyclic) bond motifs is 18. The second-order valence-electron chi connectivity index (χ2n) is 20.6. The van der Waals surface area contributed by atoms with Crippen molar-refractivity contribution in [2.75, 3.05) is 4.90 Å². The van der Waals surface area contributed by atoms with Crippen LogP contribution in [0.5, 0.6) is 23.0 Å². The number of para-hydroxylation sites is 4. The molecule has 2 aliphatic carbocycles. The highest BCUT2D eigenvalue weighted by atomic mass is 16.5. The molecule has 0 N–H and O–H groups in total. The minimum Gasteiger partial charge on any atom is -0.457 e. The molecule has 3 nitrogen and oxygen atoms in total. The molecule has 0 atom stereocenters. The molecule has 77 heavy (non-hydrogen) atoms. The van der Waals surface area contributed by atoms with Crippen molar-refractivity contribution in [1.29, 1.82) is 0 Å². The minimum absolute atomic E-state index is 0.534. The Balaban J connectivity index is 0.818. The van der Waals surface area contributed by atoms with Gasteiger partial charge in [-0.1, -0.05) is 218 Å². The van der Waals surface area contributed by atoms with Crippen molar-refractivity contribution >= 4 is 17.1 Å². The summed E-state index contributed by atoms with van der Waals surface area (Å²) in [6.45, 7) is 0. The van der Waals surface area contributed by atoms with E-state index in [0.29, 0.717) is 0 Å². The van der Waals surface area contributed by atoms with E-state index in [1.807, 2.05) is 0 Å². The third-order valence-electron chi connectivity index (χ3n) is 16.8. The fraction of sp³-hybridized carbons (Fsp3) is 0.0270. The van der Waals surface area contributed by atoms with Gasteiger partial charge in [0.15, 0.2) is 0 Å². The molecule has 0 radical (unpaired) electrons. The molecule has 2 spiro atoms. The van der Waals surface area contributed by atoms with Gasteiger partial charge in [-0.3, -0.25) is 0 Å². The van der Waals surface area contributed by atoms with Crippen LogP contribution in [-0.4, -0.2) is 0 Å². The van der Waals surface area contributed by atoms with Crippen LogP contribution < -0.4 is 14.4 Å². The molecule has 16 rings (SSSR count). The summed E-state index contributed by atoms with van der Waals surface area (Å²) in [5, 5.41) is 0. The lowest BCUT2D eigenvalue weighted by atomic mass is 9.66. The van der Waals surface area contributed by atoms with Gasteiger partial charge in [0.1, 0.15) is 23.0 Å². The van der Waals surface area contributed by atoms with E-state index in [0.717, 1.165) is 73.4 Å². The summed E-state index contributed by atoms with van der Waals surface area (Å²) in [6.07, 6.45) is 0. The van der Waals surface area contributed by atoms with Gasteiger partial charge < -0.3 is 14.4 Å². The van der Waals surface area contributed by atoms with E-state index in [4.69, 9.17) is 9.47 Å². The van der Waals surface area contributed by atoms with Crippen LogP contribution >= 0.6 is 0 Å². The first kappa shape index (κ1) is 43.4. The number of anilines is 3. The normalized spacial score (nSPS) is 13.9. The van der Waals surface area contributed by atoms with Crippen LogP contribution in [0.4, 0.5) is 17.1 Å². The van der Waals surface area contributed by atoms with Crippen LogP contribution in [0.25, 0.3) is 55.6 Å². The molecule has 360 valence electrons. The molecule has 12 aromatic carbocycles. The van der Waals surface area contributed by atoms with Gasteiger partial charge in [0.2, 0.25) is 0 Å². The summed E-state index contributed by atoms with van der Waals surface area (Å²) in [4.78, 5) is 2.39. The smallest absolute Gasteiger partial charge is 0.132 e. The van der Waals surface area contributed by atoms with Crippen molar-refractivity contribution in [1.82, 2.24) is 0 Å². The van der Waals surface area contributed by atoms with E-state index in [-0.39, 0.29) is 0 Å². The molecule has 2 heterocycles. The summed E-state index contributed by atoms with van der Waals surface area (Å²) < 4.78 is 13.3. The van der Waals surface area contributed by atoms with E-state index >= 15 is 0 Å². The van der Waals surface area contributed by atoms with Crippen molar-refractivity contribution in [3.63, 3.8) is 0 Å². The zero-order valence-corrected chi connectivity index (χ0v) is 41.9. The van der Waals surface area contributed by atoms with Crippen LogP contribution in [0.3, 0.4) is 0 Å². The van der Waals surface area contributed by atoms with Gasteiger partial charge in [0.05, 0.1) is 10.8 Å². The van der Waals surface area contributed by atoms with Gasteiger partial charge >= 0.3 is 0 Å². The Morgan fingerprint density at radius 3 is 1.21 bits per heavy atom. The highest BCUT2D eigenvalue weighted by molar-refractivity contribution is 5.97. The maximum Gasteiger partial charge on any atom is 0.132 e. The number of nitrogens with zero attached hydrogens (tertiary/aromatic N) is 1. The number of hydrogen-bond donors (Lipinski definition) is 0. The third-order valence-corrected chi connectivity index (χ3v) is 16.8. The molecule has 2 aliphatic heterocycles. The van der Waals surface area contributed by atoms with Crippen LogP contribution in [0.1, 0.15) is 44.5 Å². The van der Waals surface area contributed by atoms with Crippen LogP contribution in [0.15, 0.2) is 285 Å². The molecule has 0 aromatic heterocycles. The zero-order chi connectivity index (χ0) is 50.7. The minimum atomic E-state index is -0.535. The second kappa shape index (κ2) is 16.8. The predicted octanol–water partition coefficient (Wildman–Crippen LogP) is 19.1. The van der Waals surface area contributed by atoms with E-state index in [2.05, 4.69) is 290 Å². The maximum absolute atomic E-state index is 6.64. The van der Waals surface area contributed by atoms with Gasteiger partial charge in [-0.25, -0.2) is 0 Å². The Labute approximate surface area is 448 Å². The largest absolute Gasteiger partial charge is 0.457 e. The lowest BCUT2D eigenvalue weighted by Gasteiger charge is -2.39. The summed E-state index contributed by atoms with van der Waals surface area (Å²) in [5.41, 5.74) is 23.9. The average Bonchev–Trinajstić information content (AvgIpc) is 4.21. The summed E-state index contributed by atoms with van der Waals surface area (Å²) >= 11 is 0. The Morgan fingerprint density at radius 2 is 0.610 bits per heavy atom. The van der Waals surface area contributed by atoms with E-state index < -0.39 is 10.8 Å². The number of hydrogen-bond acceptors (Lipinski definition) is 3. The van der Waals surface area contributed by atoms with Crippen LogP contribution in [-0.2, 0) is 10.8 Å². The Morgan fingerprint density at radius 1 is 0.221 bits per heavy atom. The van der Waals surface area contributed by atoms with Crippen LogP contribution in [0.2, 0.25) is 0 Å². The summed E-state index contributed by atoms with van der Waals surface area (Å²) in [6, 6.07) is 104. The molecule has 0 amide bonds. The molecule has 0 fully saturated rings. The molecule has 12 aromatic rings. The van der Waals surface area contributed by atoms with Crippen molar-refractivity contribution in [3.05, 3.63) is 330 Å². The quantitative estimate of drug-likeness (QED) is 0.166. The van der Waals surface area contributed by atoms with E-state index in [1.165, 1.54) is 66.8 Å². The van der Waals surface area contributed by atoms with Crippen LogP contribution in [0, 0.1) is 0 Å². The summed E-state index contributed by atoms with van der Waals surface area (Å²) in [5.74, 6) is 3.58. The molecule has 4 aliphatic rings. The van der Waals surface area contributed by atoms with Crippen molar-refractivity contribution in [2.24, 2.45) is 0 Å². The van der Waals surface area contributed by atoms with Crippen molar-refractivity contribution < 1.29 is 9.47 Å². The molecular formula is C74H47NO2. The predicted molar refractivity (Wildman–Crippen MR) is 312 cm³/mol. The first-order valence-corrected chi connectivity index (χ1v) is 26.6. The standard InChI is InChI=1S/C74H47NO2/c1-2-18-48(19-3-1)51-20-16-21-55(46-51)75(53-41-36-49(37-42-53)52-40-45-58-57-22-4-6-25-60(57)74(67(58)47-52)64-29-10-14-34-70(64)77-71-35-15-11-30-65(71)74)54-43-38-50(39-44-54)56-24-17-31-66-72(56)59-23-5-7-26-61(59)73(66)62-27-8-12-32-68(62)76-69-33-13-9-28-63(69)73/h1-47H. The molecule has 0 unspecified atom stereocenters. The first-order valence-electron chi connectivity index (χ1n) is 26.6. The van der Waals surface area contributed by atoms with E-state index in [9.17, 15) is 0 Å². The topological polar surface area (TPSA) is 21.7 Å². The highest BCUT2D eigenvalue weighted by Crippen LogP contribution is 2.65.